The Labute approximate surface area is 160 Å². The molecule has 4 nitrogen and oxygen atoms in total. The molecular formula is C23H26N2O2. The largest absolute Gasteiger partial charge is 0.336 e. The Hall–Kier alpha value is -2.62. The number of aryl methyl sites for hydroxylation is 1. The second-order valence-corrected chi connectivity index (χ2v) is 7.67. The molecule has 1 aliphatic carbocycles. The van der Waals surface area contributed by atoms with Crippen LogP contribution in [-0.4, -0.2) is 47.3 Å². The number of amides is 2. The van der Waals surface area contributed by atoms with Crippen molar-refractivity contribution in [2.75, 3.05) is 19.6 Å². The minimum atomic E-state index is -0.0495. The van der Waals surface area contributed by atoms with Gasteiger partial charge in [0, 0.05) is 24.7 Å². The molecule has 4 rings (SSSR count). The summed E-state index contributed by atoms with van der Waals surface area (Å²) in [4.78, 5) is 29.6. The lowest BCUT2D eigenvalue weighted by Crippen LogP contribution is -2.54. The summed E-state index contributed by atoms with van der Waals surface area (Å²) in [5, 5.41) is 0. The maximum absolute atomic E-state index is 13.2. The molecule has 0 atom stereocenters. The van der Waals surface area contributed by atoms with Gasteiger partial charge in [-0.3, -0.25) is 9.59 Å². The van der Waals surface area contributed by atoms with Gasteiger partial charge < -0.3 is 9.80 Å². The molecule has 0 bridgehead atoms. The van der Waals surface area contributed by atoms with Gasteiger partial charge in [0.1, 0.15) is 6.54 Å². The normalized spacial score (nSPS) is 18.2. The second kappa shape index (κ2) is 7.55. The fourth-order valence-electron chi connectivity index (χ4n) is 4.37. The second-order valence-electron chi connectivity index (χ2n) is 7.67. The number of rotatable bonds is 3. The van der Waals surface area contributed by atoms with E-state index in [9.17, 15) is 9.59 Å². The highest BCUT2D eigenvalue weighted by molar-refractivity contribution is 6.02. The minimum Gasteiger partial charge on any atom is -0.336 e. The first-order chi connectivity index (χ1) is 13.1. The lowest BCUT2D eigenvalue weighted by Gasteiger charge is -2.38. The van der Waals surface area contributed by atoms with Crippen molar-refractivity contribution in [3.8, 4) is 11.1 Å². The van der Waals surface area contributed by atoms with Crippen molar-refractivity contribution in [3.05, 3.63) is 59.7 Å². The van der Waals surface area contributed by atoms with Crippen molar-refractivity contribution in [2.24, 2.45) is 0 Å². The summed E-state index contributed by atoms with van der Waals surface area (Å²) >= 11 is 0. The zero-order valence-corrected chi connectivity index (χ0v) is 15.9. The molecule has 1 heterocycles. The minimum absolute atomic E-state index is 0.0495. The number of benzene rings is 2. The van der Waals surface area contributed by atoms with Gasteiger partial charge in [0.05, 0.1) is 0 Å². The summed E-state index contributed by atoms with van der Waals surface area (Å²) in [6.45, 7) is 3.51. The predicted molar refractivity (Wildman–Crippen MR) is 106 cm³/mol. The van der Waals surface area contributed by atoms with Crippen LogP contribution in [0.5, 0.6) is 0 Å². The van der Waals surface area contributed by atoms with Gasteiger partial charge in [-0.15, -0.1) is 0 Å². The summed E-state index contributed by atoms with van der Waals surface area (Å²) < 4.78 is 0. The van der Waals surface area contributed by atoms with E-state index in [-0.39, 0.29) is 18.4 Å². The summed E-state index contributed by atoms with van der Waals surface area (Å²) in [6, 6.07) is 16.3. The van der Waals surface area contributed by atoms with Crippen molar-refractivity contribution in [3.63, 3.8) is 0 Å². The van der Waals surface area contributed by atoms with Crippen molar-refractivity contribution < 1.29 is 9.59 Å². The molecule has 0 spiro atoms. The van der Waals surface area contributed by atoms with E-state index in [0.717, 1.165) is 29.5 Å². The quantitative estimate of drug-likeness (QED) is 0.831. The van der Waals surface area contributed by atoms with Crippen LogP contribution in [0.3, 0.4) is 0 Å². The Kier molecular flexibility index (Phi) is 4.97. The zero-order chi connectivity index (χ0) is 18.8. The van der Waals surface area contributed by atoms with E-state index in [2.05, 4.69) is 19.1 Å². The maximum atomic E-state index is 13.2. The summed E-state index contributed by atoms with van der Waals surface area (Å²) in [6.07, 6.45) is 4.63. The Bertz CT molecular complexity index is 855. The first-order valence-corrected chi connectivity index (χ1v) is 9.88. The van der Waals surface area contributed by atoms with E-state index < -0.39 is 0 Å². The molecule has 2 amide bonds. The zero-order valence-electron chi connectivity index (χ0n) is 15.9. The van der Waals surface area contributed by atoms with Gasteiger partial charge in [-0.1, -0.05) is 60.9 Å². The van der Waals surface area contributed by atoms with Crippen LogP contribution in [-0.2, 0) is 4.79 Å². The number of carbonyl (C=O) groups excluding carboxylic acids is 2. The van der Waals surface area contributed by atoms with Gasteiger partial charge in [0.25, 0.3) is 5.91 Å². The molecule has 2 fully saturated rings. The van der Waals surface area contributed by atoms with Crippen LogP contribution in [0.25, 0.3) is 11.1 Å². The molecule has 0 radical (unpaired) electrons. The Morgan fingerprint density at radius 2 is 1.78 bits per heavy atom. The van der Waals surface area contributed by atoms with E-state index >= 15 is 0 Å². The maximum Gasteiger partial charge on any atom is 0.255 e. The topological polar surface area (TPSA) is 40.6 Å². The van der Waals surface area contributed by atoms with Gasteiger partial charge >= 0.3 is 0 Å². The monoisotopic (exact) mass is 362 g/mol. The molecule has 2 aromatic rings. The lowest BCUT2D eigenvalue weighted by molar-refractivity contribution is -0.137. The van der Waals surface area contributed by atoms with E-state index in [1.54, 1.807) is 4.90 Å². The highest BCUT2D eigenvalue weighted by Crippen LogP contribution is 2.28. The van der Waals surface area contributed by atoms with Crippen LogP contribution in [0, 0.1) is 6.92 Å². The average Bonchev–Trinajstić information content (AvgIpc) is 3.22. The van der Waals surface area contributed by atoms with Gasteiger partial charge in [-0.25, -0.2) is 0 Å². The van der Waals surface area contributed by atoms with E-state index in [0.29, 0.717) is 24.7 Å². The molecule has 2 aromatic carbocycles. The molecule has 1 aliphatic heterocycles. The molecule has 27 heavy (non-hydrogen) atoms. The third-order valence-corrected chi connectivity index (χ3v) is 5.80. The predicted octanol–water partition coefficient (Wildman–Crippen LogP) is 3.89. The molecule has 4 heteroatoms. The summed E-state index contributed by atoms with van der Waals surface area (Å²) in [7, 11) is 0. The molecule has 0 unspecified atom stereocenters. The third kappa shape index (κ3) is 3.61. The number of nitrogens with zero attached hydrogens (tertiary/aromatic N) is 2. The molecule has 0 aromatic heterocycles. The number of hydrogen-bond acceptors (Lipinski definition) is 2. The highest BCUT2D eigenvalue weighted by atomic mass is 16.2. The Morgan fingerprint density at radius 1 is 1.00 bits per heavy atom. The highest BCUT2D eigenvalue weighted by Gasteiger charge is 2.33. The van der Waals surface area contributed by atoms with Gasteiger partial charge in [-0.2, -0.15) is 0 Å². The standard InChI is InChI=1S/C23H26N2O2/c1-17-7-6-8-18(15-17)20-11-4-5-12-21(20)23(27)24-13-14-25(22(26)16-24)19-9-2-3-10-19/h4-8,11-12,15,19H,2-3,9-10,13-14,16H2,1H3. The molecule has 140 valence electrons. The van der Waals surface area contributed by atoms with Crippen LogP contribution < -0.4 is 0 Å². The first kappa shape index (κ1) is 17.8. The molecule has 1 saturated carbocycles. The van der Waals surface area contributed by atoms with E-state index in [1.165, 1.54) is 12.8 Å². The molecular weight excluding hydrogens is 336 g/mol. The van der Waals surface area contributed by atoms with Crippen molar-refractivity contribution in [1.82, 2.24) is 9.80 Å². The Balaban J connectivity index is 1.55. The lowest BCUT2D eigenvalue weighted by atomic mass is 9.97. The van der Waals surface area contributed by atoms with Crippen molar-refractivity contribution in [1.29, 1.82) is 0 Å². The first-order valence-electron chi connectivity index (χ1n) is 9.88. The summed E-state index contributed by atoms with van der Waals surface area (Å²) in [5.41, 5.74) is 3.80. The van der Waals surface area contributed by atoms with Crippen molar-refractivity contribution >= 4 is 11.8 Å². The van der Waals surface area contributed by atoms with Gasteiger partial charge in [-0.05, 0) is 37.0 Å². The van der Waals surface area contributed by atoms with Crippen molar-refractivity contribution in [2.45, 2.75) is 38.6 Å². The van der Waals surface area contributed by atoms with Crippen LogP contribution in [0.4, 0.5) is 0 Å². The fourth-order valence-corrected chi connectivity index (χ4v) is 4.37. The number of piperazine rings is 1. The van der Waals surface area contributed by atoms with E-state index in [4.69, 9.17) is 0 Å². The molecule has 1 saturated heterocycles. The number of carbonyl (C=O) groups is 2. The number of hydrogen-bond donors (Lipinski definition) is 0. The summed E-state index contributed by atoms with van der Waals surface area (Å²) in [5.74, 6) is 0.0427. The fraction of sp³-hybridized carbons (Fsp3) is 0.391. The Morgan fingerprint density at radius 3 is 2.52 bits per heavy atom. The molecule has 0 N–H and O–H groups in total. The van der Waals surface area contributed by atoms with Crippen LogP contribution in [0.2, 0.25) is 0 Å². The SMILES string of the molecule is Cc1cccc(-c2ccccc2C(=O)N2CCN(C3CCCC3)C(=O)C2)c1. The van der Waals surface area contributed by atoms with Crippen LogP contribution >= 0.6 is 0 Å². The average molecular weight is 362 g/mol. The van der Waals surface area contributed by atoms with Crippen LogP contribution in [0.1, 0.15) is 41.6 Å². The van der Waals surface area contributed by atoms with Crippen LogP contribution in [0.15, 0.2) is 48.5 Å². The third-order valence-electron chi connectivity index (χ3n) is 5.80. The molecule has 2 aliphatic rings. The van der Waals surface area contributed by atoms with Gasteiger partial charge in [0.2, 0.25) is 5.91 Å². The smallest absolute Gasteiger partial charge is 0.255 e. The van der Waals surface area contributed by atoms with E-state index in [1.807, 2.05) is 41.3 Å². The van der Waals surface area contributed by atoms with Gasteiger partial charge in [0.15, 0.2) is 0 Å².